The summed E-state index contributed by atoms with van der Waals surface area (Å²) in [4.78, 5) is 35.8. The Morgan fingerprint density at radius 1 is 1.38 bits per heavy atom. The van der Waals surface area contributed by atoms with Gasteiger partial charge in [0, 0.05) is 25.0 Å². The van der Waals surface area contributed by atoms with Gasteiger partial charge in [-0.15, -0.1) is 0 Å². The molecule has 1 atom stereocenters. The number of alkyl carbamates (subject to hydrolysis) is 1. The topological polar surface area (TPSA) is 84.4 Å². The number of hydrogen-bond acceptors (Lipinski definition) is 6. The van der Waals surface area contributed by atoms with E-state index < -0.39 is 12.1 Å². The Bertz CT molecular complexity index is 877. The van der Waals surface area contributed by atoms with Crippen molar-refractivity contribution in [3.63, 3.8) is 0 Å². The number of rotatable bonds is 7. The summed E-state index contributed by atoms with van der Waals surface area (Å²) in [5.74, 6) is 0.0590. The Kier molecular flexibility index (Phi) is 6.21. The number of amides is 2. The highest BCUT2D eigenvalue weighted by molar-refractivity contribution is 7.19. The van der Waals surface area contributed by atoms with E-state index in [1.165, 1.54) is 11.3 Å². The number of pyridine rings is 1. The molecule has 156 valence electrons. The molecule has 2 amide bonds. The highest BCUT2D eigenvalue weighted by Crippen LogP contribution is 2.38. The number of nitrogens with zero attached hydrogens (tertiary/aromatic N) is 3. The van der Waals surface area contributed by atoms with Crippen LogP contribution in [-0.2, 0) is 9.53 Å². The molecule has 0 saturated heterocycles. The summed E-state index contributed by atoms with van der Waals surface area (Å²) in [6, 6.07) is 3.14. The minimum absolute atomic E-state index is 0.180. The Hall–Kier alpha value is -2.48. The maximum Gasteiger partial charge on any atom is 0.408 e. The van der Waals surface area contributed by atoms with Crippen LogP contribution < -0.4 is 10.2 Å². The molecule has 0 bridgehead atoms. The number of likely N-dealkylation sites (N-methyl/N-ethyl adjacent to an activating group) is 1. The molecule has 1 fully saturated rings. The fourth-order valence-corrected chi connectivity index (χ4v) is 4.04. The number of nitrogens with one attached hydrogen (secondary N) is 1. The monoisotopic (exact) mass is 416 g/mol. The third-order valence-electron chi connectivity index (χ3n) is 4.91. The van der Waals surface area contributed by atoms with Crippen molar-refractivity contribution < 1.29 is 14.3 Å². The van der Waals surface area contributed by atoms with E-state index in [9.17, 15) is 9.59 Å². The predicted molar refractivity (Wildman–Crippen MR) is 114 cm³/mol. The number of anilines is 1. The van der Waals surface area contributed by atoms with E-state index in [4.69, 9.17) is 4.74 Å². The van der Waals surface area contributed by atoms with Gasteiger partial charge in [0.05, 0.1) is 5.69 Å². The summed E-state index contributed by atoms with van der Waals surface area (Å²) in [5.41, 5.74) is 1.29. The van der Waals surface area contributed by atoms with E-state index in [0.717, 1.165) is 34.1 Å². The molecule has 3 rings (SSSR count). The zero-order chi connectivity index (χ0) is 21.2. The maximum atomic E-state index is 13.2. The van der Waals surface area contributed by atoms with Crippen molar-refractivity contribution in [1.82, 2.24) is 15.3 Å². The van der Waals surface area contributed by atoms with E-state index in [-0.39, 0.29) is 17.4 Å². The molecule has 8 heteroatoms. The molecule has 0 aromatic carbocycles. The van der Waals surface area contributed by atoms with Gasteiger partial charge in [-0.05, 0) is 51.2 Å². The second kappa shape index (κ2) is 8.49. The predicted octanol–water partition coefficient (Wildman–Crippen LogP) is 4.17. The summed E-state index contributed by atoms with van der Waals surface area (Å²) in [7, 11) is 1.72. The number of ether oxygens (including phenoxy) is 1. The largest absolute Gasteiger partial charge is 0.443 e. The molecule has 1 aliphatic rings. The number of carbonyl (C=O) groups is 2. The zero-order valence-electron chi connectivity index (χ0n) is 17.6. The van der Waals surface area contributed by atoms with Crippen molar-refractivity contribution >= 4 is 28.3 Å². The normalized spacial score (nSPS) is 15.7. The molecule has 2 aromatic rings. The number of aryl methyl sites for hydroxylation is 1. The van der Waals surface area contributed by atoms with Gasteiger partial charge in [-0.1, -0.05) is 25.2 Å². The third-order valence-corrected chi connectivity index (χ3v) is 6.19. The van der Waals surface area contributed by atoms with Crippen molar-refractivity contribution in [1.29, 1.82) is 0 Å². The van der Waals surface area contributed by atoms with Crippen molar-refractivity contribution in [2.75, 3.05) is 11.9 Å². The van der Waals surface area contributed by atoms with Crippen LogP contribution >= 0.6 is 11.3 Å². The average Bonchev–Trinajstić information content (AvgIpc) is 3.26. The van der Waals surface area contributed by atoms with Crippen molar-refractivity contribution in [3.05, 3.63) is 30.2 Å². The van der Waals surface area contributed by atoms with Gasteiger partial charge in [0.2, 0.25) is 5.91 Å². The molecular formula is C21H28N4O3S. The first-order chi connectivity index (χ1) is 13.7. The van der Waals surface area contributed by atoms with Gasteiger partial charge in [-0.2, -0.15) is 0 Å². The lowest BCUT2D eigenvalue weighted by molar-refractivity contribution is -0.120. The molecule has 2 aromatic heterocycles. The van der Waals surface area contributed by atoms with Crippen LogP contribution in [0.5, 0.6) is 0 Å². The number of hydrogen-bond donors (Lipinski definition) is 1. The molecular weight excluding hydrogens is 388 g/mol. The van der Waals surface area contributed by atoms with E-state index >= 15 is 0 Å². The lowest BCUT2D eigenvalue weighted by atomic mass is 10.0. The molecule has 2 heterocycles. The Balaban J connectivity index is 1.76. The number of aromatic nitrogens is 2. The molecule has 29 heavy (non-hydrogen) atoms. The van der Waals surface area contributed by atoms with Crippen LogP contribution in [0.1, 0.15) is 45.7 Å². The standard InChI is InChI=1S/C21H28N4O3S/c1-13(2)11-16(24-20(27)28-21(4)8-9-21)18(26)25(5)19-14(3)23-17(29-19)15-7-6-10-22-12-15/h6-7,10,12-13,16H,8-9,11H2,1-5H3,(H,24,27). The summed E-state index contributed by atoms with van der Waals surface area (Å²) in [6.45, 7) is 7.82. The lowest BCUT2D eigenvalue weighted by Gasteiger charge is -2.25. The molecule has 0 spiro atoms. The van der Waals surface area contributed by atoms with Gasteiger partial charge < -0.3 is 15.0 Å². The molecule has 0 radical (unpaired) electrons. The number of carbonyl (C=O) groups excluding carboxylic acids is 2. The third kappa shape index (κ3) is 5.32. The first-order valence-corrected chi connectivity index (χ1v) is 10.6. The van der Waals surface area contributed by atoms with E-state index in [1.54, 1.807) is 24.3 Å². The molecule has 1 saturated carbocycles. The molecule has 1 N–H and O–H groups in total. The molecule has 1 aliphatic carbocycles. The second-order valence-electron chi connectivity index (χ2n) is 8.21. The fraction of sp³-hybridized carbons (Fsp3) is 0.524. The Labute approximate surface area is 175 Å². The van der Waals surface area contributed by atoms with E-state index in [1.807, 2.05) is 39.8 Å². The molecule has 7 nitrogen and oxygen atoms in total. The Morgan fingerprint density at radius 2 is 2.10 bits per heavy atom. The van der Waals surface area contributed by atoms with Crippen LogP contribution in [0, 0.1) is 12.8 Å². The van der Waals surface area contributed by atoms with E-state index in [2.05, 4.69) is 15.3 Å². The highest BCUT2D eigenvalue weighted by atomic mass is 32.1. The summed E-state index contributed by atoms with van der Waals surface area (Å²) >= 11 is 1.43. The second-order valence-corrected chi connectivity index (χ2v) is 9.19. The van der Waals surface area contributed by atoms with Crippen LogP contribution in [0.25, 0.3) is 10.6 Å². The van der Waals surface area contributed by atoms with Crippen molar-refractivity contribution in [2.24, 2.45) is 5.92 Å². The molecule has 1 unspecified atom stereocenters. The number of thiazole rings is 1. The zero-order valence-corrected chi connectivity index (χ0v) is 18.4. The van der Waals surface area contributed by atoms with Crippen LogP contribution in [0.3, 0.4) is 0 Å². The fourth-order valence-electron chi connectivity index (χ4n) is 3.01. The van der Waals surface area contributed by atoms with Crippen LogP contribution in [0.4, 0.5) is 9.80 Å². The van der Waals surface area contributed by atoms with Crippen LogP contribution in [0.15, 0.2) is 24.5 Å². The summed E-state index contributed by atoms with van der Waals surface area (Å²) in [6.07, 6.45) is 5.18. The highest BCUT2D eigenvalue weighted by Gasteiger charge is 2.42. The lowest BCUT2D eigenvalue weighted by Crippen LogP contribution is -2.48. The minimum atomic E-state index is -0.654. The van der Waals surface area contributed by atoms with Gasteiger partial charge in [0.15, 0.2) is 0 Å². The van der Waals surface area contributed by atoms with Crippen LogP contribution in [-0.4, -0.2) is 40.7 Å². The maximum absolute atomic E-state index is 13.2. The summed E-state index contributed by atoms with van der Waals surface area (Å²) in [5, 5.41) is 4.34. The smallest absolute Gasteiger partial charge is 0.408 e. The van der Waals surface area contributed by atoms with Gasteiger partial charge in [0.1, 0.15) is 21.7 Å². The summed E-state index contributed by atoms with van der Waals surface area (Å²) < 4.78 is 5.44. The van der Waals surface area contributed by atoms with Crippen molar-refractivity contribution in [2.45, 2.75) is 58.6 Å². The average molecular weight is 417 g/mol. The first-order valence-electron chi connectivity index (χ1n) is 9.83. The van der Waals surface area contributed by atoms with Gasteiger partial charge >= 0.3 is 6.09 Å². The molecule has 0 aliphatic heterocycles. The SMILES string of the molecule is Cc1nc(-c2cccnc2)sc1N(C)C(=O)C(CC(C)C)NC(=O)OC1(C)CC1. The van der Waals surface area contributed by atoms with Crippen molar-refractivity contribution in [3.8, 4) is 10.6 Å². The quantitative estimate of drug-likeness (QED) is 0.732. The Morgan fingerprint density at radius 3 is 2.69 bits per heavy atom. The minimum Gasteiger partial charge on any atom is -0.443 e. The van der Waals surface area contributed by atoms with Gasteiger partial charge in [-0.3, -0.25) is 9.78 Å². The van der Waals surface area contributed by atoms with E-state index in [0.29, 0.717) is 6.42 Å². The van der Waals surface area contributed by atoms with Gasteiger partial charge in [0.25, 0.3) is 0 Å². The first kappa shape index (κ1) is 21.2. The van der Waals surface area contributed by atoms with Gasteiger partial charge in [-0.25, -0.2) is 9.78 Å². The van der Waals surface area contributed by atoms with Crippen LogP contribution in [0.2, 0.25) is 0 Å².